The normalized spacial score (nSPS) is 16.8. The van der Waals surface area contributed by atoms with Gasteiger partial charge in [-0.3, -0.25) is 9.69 Å². The third-order valence-corrected chi connectivity index (χ3v) is 5.56. The van der Waals surface area contributed by atoms with E-state index in [0.717, 1.165) is 49.7 Å². The number of aryl methyl sites for hydroxylation is 1. The summed E-state index contributed by atoms with van der Waals surface area (Å²) in [4.78, 5) is 14.8. The minimum absolute atomic E-state index is 0.101. The highest BCUT2D eigenvalue weighted by Crippen LogP contribution is 2.20. The maximum absolute atomic E-state index is 12.3. The first-order valence-electron chi connectivity index (χ1n) is 9.47. The molecule has 1 N–H and O–H groups in total. The van der Waals surface area contributed by atoms with Crippen molar-refractivity contribution in [3.05, 3.63) is 34.9 Å². The van der Waals surface area contributed by atoms with Gasteiger partial charge < -0.3 is 10.1 Å². The Labute approximate surface area is 156 Å². The molecule has 2 rings (SSSR count). The van der Waals surface area contributed by atoms with Gasteiger partial charge in [-0.1, -0.05) is 56.5 Å². The molecule has 4 nitrogen and oxygen atoms in total. The SMILES string of the molecule is CCC(CC)C(CNC(=O)CCc1ccccc1Cl)N1CCOCC1. The topological polar surface area (TPSA) is 41.6 Å². The van der Waals surface area contributed by atoms with Gasteiger partial charge in [-0.05, 0) is 24.0 Å². The number of amides is 1. The molecule has 1 aromatic carbocycles. The molecule has 0 bridgehead atoms. The van der Waals surface area contributed by atoms with Crippen LogP contribution in [0.1, 0.15) is 38.7 Å². The average molecular weight is 367 g/mol. The molecule has 0 radical (unpaired) electrons. The van der Waals surface area contributed by atoms with Crippen LogP contribution in [0.5, 0.6) is 0 Å². The molecule has 1 aliphatic rings. The maximum atomic E-state index is 12.3. The molecule has 1 fully saturated rings. The lowest BCUT2D eigenvalue weighted by Gasteiger charge is -2.38. The number of nitrogens with one attached hydrogen (secondary N) is 1. The number of ether oxygens (including phenoxy) is 1. The van der Waals surface area contributed by atoms with Crippen LogP contribution >= 0.6 is 11.6 Å². The van der Waals surface area contributed by atoms with E-state index in [9.17, 15) is 4.79 Å². The van der Waals surface area contributed by atoms with Gasteiger partial charge in [0, 0.05) is 37.1 Å². The fourth-order valence-electron chi connectivity index (χ4n) is 3.59. The molecule has 0 saturated carbocycles. The molecule has 1 amide bonds. The molecule has 1 aliphatic heterocycles. The van der Waals surface area contributed by atoms with E-state index in [1.54, 1.807) is 0 Å². The Balaban J connectivity index is 1.85. The van der Waals surface area contributed by atoms with Crippen molar-refractivity contribution in [2.75, 3.05) is 32.8 Å². The molecule has 1 heterocycles. The first-order valence-corrected chi connectivity index (χ1v) is 9.85. The summed E-state index contributed by atoms with van der Waals surface area (Å²) in [7, 11) is 0. The minimum Gasteiger partial charge on any atom is -0.379 e. The summed E-state index contributed by atoms with van der Waals surface area (Å²) in [5, 5.41) is 3.89. The van der Waals surface area contributed by atoms with Crippen molar-refractivity contribution in [3.8, 4) is 0 Å². The van der Waals surface area contributed by atoms with Gasteiger partial charge in [-0.2, -0.15) is 0 Å². The summed E-state index contributed by atoms with van der Waals surface area (Å²) in [5.41, 5.74) is 1.03. The highest BCUT2D eigenvalue weighted by Gasteiger charge is 2.27. The second-order valence-corrected chi connectivity index (χ2v) is 7.09. The van der Waals surface area contributed by atoms with Gasteiger partial charge in [0.1, 0.15) is 0 Å². The zero-order chi connectivity index (χ0) is 18.1. The predicted molar refractivity (Wildman–Crippen MR) is 103 cm³/mol. The fourth-order valence-corrected chi connectivity index (χ4v) is 3.82. The van der Waals surface area contributed by atoms with E-state index < -0.39 is 0 Å². The van der Waals surface area contributed by atoms with Crippen molar-refractivity contribution in [3.63, 3.8) is 0 Å². The molecule has 0 spiro atoms. The van der Waals surface area contributed by atoms with Gasteiger partial charge in [0.05, 0.1) is 13.2 Å². The van der Waals surface area contributed by atoms with Crippen LogP contribution in [0.2, 0.25) is 5.02 Å². The second kappa shape index (κ2) is 10.8. The fraction of sp³-hybridized carbons (Fsp3) is 0.650. The lowest BCUT2D eigenvalue weighted by molar-refractivity contribution is -0.121. The summed E-state index contributed by atoms with van der Waals surface area (Å²) in [6, 6.07) is 8.12. The zero-order valence-electron chi connectivity index (χ0n) is 15.5. The Morgan fingerprint density at radius 2 is 1.92 bits per heavy atom. The van der Waals surface area contributed by atoms with Crippen LogP contribution in [0.4, 0.5) is 0 Å². The molecular weight excluding hydrogens is 336 g/mol. The molecule has 1 aromatic rings. The molecule has 140 valence electrons. The maximum Gasteiger partial charge on any atom is 0.220 e. The van der Waals surface area contributed by atoms with E-state index in [0.29, 0.717) is 31.3 Å². The third kappa shape index (κ3) is 6.28. The molecule has 0 aliphatic carbocycles. The second-order valence-electron chi connectivity index (χ2n) is 6.69. The number of hydrogen-bond acceptors (Lipinski definition) is 3. The number of carbonyl (C=O) groups is 1. The Morgan fingerprint density at radius 3 is 2.56 bits per heavy atom. The molecule has 1 unspecified atom stereocenters. The van der Waals surface area contributed by atoms with Crippen LogP contribution < -0.4 is 5.32 Å². The van der Waals surface area contributed by atoms with Gasteiger partial charge in [0.15, 0.2) is 0 Å². The first-order chi connectivity index (χ1) is 12.2. The predicted octanol–water partition coefficient (Wildman–Crippen LogP) is 3.53. The van der Waals surface area contributed by atoms with Gasteiger partial charge in [-0.25, -0.2) is 0 Å². The number of rotatable bonds is 9. The van der Waals surface area contributed by atoms with Crippen LogP contribution in [0.25, 0.3) is 0 Å². The number of morpholine rings is 1. The third-order valence-electron chi connectivity index (χ3n) is 5.20. The van der Waals surface area contributed by atoms with Crippen molar-refractivity contribution < 1.29 is 9.53 Å². The number of carbonyl (C=O) groups excluding carboxylic acids is 1. The average Bonchev–Trinajstić information content (AvgIpc) is 2.65. The Hall–Kier alpha value is -1.10. The van der Waals surface area contributed by atoms with Crippen molar-refractivity contribution in [2.24, 2.45) is 5.92 Å². The molecular formula is C20H31ClN2O2. The number of nitrogens with zero attached hydrogens (tertiary/aromatic N) is 1. The van der Waals surface area contributed by atoms with Gasteiger partial charge in [0.25, 0.3) is 0 Å². The standard InChI is InChI=1S/C20H31ClN2O2/c1-3-16(4-2)19(23-11-13-25-14-12-23)15-22-20(24)10-9-17-7-5-6-8-18(17)21/h5-8,16,19H,3-4,9-15H2,1-2H3,(H,22,24). The van der Waals surface area contributed by atoms with E-state index in [-0.39, 0.29) is 5.91 Å². The molecule has 0 aromatic heterocycles. The summed E-state index contributed by atoms with van der Waals surface area (Å²) < 4.78 is 5.48. The summed E-state index contributed by atoms with van der Waals surface area (Å²) in [6.45, 7) is 8.68. The van der Waals surface area contributed by atoms with Crippen molar-refractivity contribution in [1.82, 2.24) is 10.2 Å². The van der Waals surface area contributed by atoms with Crippen LogP contribution in [0, 0.1) is 5.92 Å². The van der Waals surface area contributed by atoms with Gasteiger partial charge in [0.2, 0.25) is 5.91 Å². The smallest absolute Gasteiger partial charge is 0.220 e. The Morgan fingerprint density at radius 1 is 1.24 bits per heavy atom. The van der Waals surface area contributed by atoms with E-state index in [4.69, 9.17) is 16.3 Å². The molecule has 1 atom stereocenters. The molecule has 25 heavy (non-hydrogen) atoms. The van der Waals surface area contributed by atoms with Crippen molar-refractivity contribution in [1.29, 1.82) is 0 Å². The Bertz CT molecular complexity index is 528. The lowest BCUT2D eigenvalue weighted by atomic mass is 9.92. The first kappa shape index (κ1) is 20.2. The van der Waals surface area contributed by atoms with Crippen molar-refractivity contribution in [2.45, 2.75) is 45.6 Å². The zero-order valence-corrected chi connectivity index (χ0v) is 16.2. The van der Waals surface area contributed by atoms with E-state index >= 15 is 0 Å². The highest BCUT2D eigenvalue weighted by atomic mass is 35.5. The van der Waals surface area contributed by atoms with Gasteiger partial charge in [-0.15, -0.1) is 0 Å². The minimum atomic E-state index is 0.101. The number of halogens is 1. The number of hydrogen-bond donors (Lipinski definition) is 1. The molecule has 5 heteroatoms. The van der Waals surface area contributed by atoms with E-state index in [1.165, 1.54) is 0 Å². The summed E-state index contributed by atoms with van der Waals surface area (Å²) >= 11 is 6.17. The number of benzene rings is 1. The van der Waals surface area contributed by atoms with Gasteiger partial charge >= 0.3 is 0 Å². The monoisotopic (exact) mass is 366 g/mol. The quantitative estimate of drug-likeness (QED) is 0.727. The molecule has 1 saturated heterocycles. The lowest BCUT2D eigenvalue weighted by Crippen LogP contribution is -2.52. The highest BCUT2D eigenvalue weighted by molar-refractivity contribution is 6.31. The van der Waals surface area contributed by atoms with Crippen LogP contribution in [-0.2, 0) is 16.0 Å². The van der Waals surface area contributed by atoms with Crippen LogP contribution in [-0.4, -0.2) is 49.7 Å². The van der Waals surface area contributed by atoms with Crippen LogP contribution in [0.15, 0.2) is 24.3 Å². The van der Waals surface area contributed by atoms with E-state index in [1.807, 2.05) is 24.3 Å². The summed E-state index contributed by atoms with van der Waals surface area (Å²) in [5.74, 6) is 0.700. The largest absolute Gasteiger partial charge is 0.379 e. The Kier molecular flexibility index (Phi) is 8.73. The van der Waals surface area contributed by atoms with Crippen LogP contribution in [0.3, 0.4) is 0 Å². The summed E-state index contributed by atoms with van der Waals surface area (Å²) in [6.07, 6.45) is 3.42. The van der Waals surface area contributed by atoms with E-state index in [2.05, 4.69) is 24.1 Å². The van der Waals surface area contributed by atoms with Crippen molar-refractivity contribution >= 4 is 17.5 Å².